The standard InChI is InChI=1S/C15H12BrN3O/c1-9-3-2-4-12(17)13(9)15-18-14(19-20-15)10-5-7-11(16)8-6-10/h2-8H,17H2,1H3. The summed E-state index contributed by atoms with van der Waals surface area (Å²) in [5, 5.41) is 4.02. The van der Waals surface area contributed by atoms with E-state index in [2.05, 4.69) is 26.1 Å². The minimum Gasteiger partial charge on any atom is -0.398 e. The summed E-state index contributed by atoms with van der Waals surface area (Å²) in [5.74, 6) is 0.994. The van der Waals surface area contributed by atoms with Crippen LogP contribution in [0.5, 0.6) is 0 Å². The Kier molecular flexibility index (Phi) is 3.28. The van der Waals surface area contributed by atoms with Crippen LogP contribution in [0.3, 0.4) is 0 Å². The molecule has 0 unspecified atom stereocenters. The summed E-state index contributed by atoms with van der Waals surface area (Å²) in [7, 11) is 0. The van der Waals surface area contributed by atoms with E-state index >= 15 is 0 Å². The van der Waals surface area contributed by atoms with E-state index in [1.165, 1.54) is 0 Å². The van der Waals surface area contributed by atoms with E-state index in [1.807, 2.05) is 49.4 Å². The van der Waals surface area contributed by atoms with Crippen molar-refractivity contribution in [2.75, 3.05) is 5.73 Å². The maximum atomic E-state index is 5.99. The third-order valence-electron chi connectivity index (χ3n) is 3.05. The van der Waals surface area contributed by atoms with Crippen molar-refractivity contribution in [1.82, 2.24) is 10.1 Å². The van der Waals surface area contributed by atoms with Crippen LogP contribution >= 0.6 is 15.9 Å². The number of aromatic nitrogens is 2. The van der Waals surface area contributed by atoms with Gasteiger partial charge in [0.1, 0.15) is 0 Å². The van der Waals surface area contributed by atoms with E-state index in [0.29, 0.717) is 17.4 Å². The molecule has 4 nitrogen and oxygen atoms in total. The number of benzene rings is 2. The van der Waals surface area contributed by atoms with Gasteiger partial charge in [-0.3, -0.25) is 0 Å². The van der Waals surface area contributed by atoms with Gasteiger partial charge < -0.3 is 10.3 Å². The molecule has 0 radical (unpaired) electrons. The Balaban J connectivity index is 2.04. The third kappa shape index (κ3) is 2.32. The zero-order chi connectivity index (χ0) is 14.1. The van der Waals surface area contributed by atoms with Crippen LogP contribution in [0.2, 0.25) is 0 Å². The lowest BCUT2D eigenvalue weighted by Gasteiger charge is -2.03. The molecular weight excluding hydrogens is 318 g/mol. The average molecular weight is 330 g/mol. The number of hydrogen-bond donors (Lipinski definition) is 1. The van der Waals surface area contributed by atoms with Crippen LogP contribution < -0.4 is 5.73 Å². The Hall–Kier alpha value is -2.14. The summed E-state index contributed by atoms with van der Waals surface area (Å²) in [4.78, 5) is 4.43. The first-order valence-electron chi connectivity index (χ1n) is 6.10. The molecule has 3 rings (SSSR count). The predicted molar refractivity (Wildman–Crippen MR) is 82.0 cm³/mol. The minimum absolute atomic E-state index is 0.443. The third-order valence-corrected chi connectivity index (χ3v) is 3.58. The van der Waals surface area contributed by atoms with Crippen LogP contribution in [0.25, 0.3) is 22.8 Å². The van der Waals surface area contributed by atoms with Crippen LogP contribution in [0.4, 0.5) is 5.69 Å². The number of nitrogens with zero attached hydrogens (tertiary/aromatic N) is 2. The highest BCUT2D eigenvalue weighted by atomic mass is 79.9. The number of rotatable bonds is 2. The second-order valence-corrected chi connectivity index (χ2v) is 5.38. The molecule has 0 amide bonds. The van der Waals surface area contributed by atoms with Gasteiger partial charge in [-0.1, -0.05) is 33.2 Å². The molecule has 0 aliphatic rings. The number of aryl methyl sites for hydroxylation is 1. The van der Waals surface area contributed by atoms with Gasteiger partial charge in [-0.15, -0.1) is 0 Å². The molecule has 20 heavy (non-hydrogen) atoms. The molecule has 1 aromatic heterocycles. The van der Waals surface area contributed by atoms with Crippen molar-refractivity contribution in [3.05, 3.63) is 52.5 Å². The molecule has 5 heteroatoms. The molecule has 0 bridgehead atoms. The second-order valence-electron chi connectivity index (χ2n) is 4.47. The van der Waals surface area contributed by atoms with E-state index in [1.54, 1.807) is 0 Å². The van der Waals surface area contributed by atoms with Crippen LogP contribution in [0.1, 0.15) is 5.56 Å². The highest BCUT2D eigenvalue weighted by Crippen LogP contribution is 2.29. The second kappa shape index (κ2) is 5.09. The highest BCUT2D eigenvalue weighted by Gasteiger charge is 2.14. The van der Waals surface area contributed by atoms with Crippen LogP contribution in [-0.4, -0.2) is 10.1 Å². The first-order chi connectivity index (χ1) is 9.65. The molecule has 2 N–H and O–H groups in total. The fourth-order valence-electron chi connectivity index (χ4n) is 2.02. The summed E-state index contributed by atoms with van der Waals surface area (Å²) in [6, 6.07) is 13.4. The smallest absolute Gasteiger partial charge is 0.260 e. The molecule has 0 atom stereocenters. The van der Waals surface area contributed by atoms with Crippen LogP contribution in [0.15, 0.2) is 51.5 Å². The molecule has 0 spiro atoms. The normalized spacial score (nSPS) is 10.7. The first-order valence-corrected chi connectivity index (χ1v) is 6.89. The van der Waals surface area contributed by atoms with Gasteiger partial charge in [-0.2, -0.15) is 4.98 Å². The molecule has 100 valence electrons. The van der Waals surface area contributed by atoms with Gasteiger partial charge in [0.15, 0.2) is 0 Å². The summed E-state index contributed by atoms with van der Waals surface area (Å²) >= 11 is 3.40. The van der Waals surface area contributed by atoms with E-state index in [-0.39, 0.29) is 0 Å². The quantitative estimate of drug-likeness (QED) is 0.720. The summed E-state index contributed by atoms with van der Waals surface area (Å²) < 4.78 is 6.35. The Morgan fingerprint density at radius 2 is 1.85 bits per heavy atom. The van der Waals surface area contributed by atoms with Crippen molar-refractivity contribution in [1.29, 1.82) is 0 Å². The van der Waals surface area contributed by atoms with Gasteiger partial charge in [-0.25, -0.2) is 0 Å². The van der Waals surface area contributed by atoms with Gasteiger partial charge in [-0.05, 0) is 42.8 Å². The van der Waals surface area contributed by atoms with Gasteiger partial charge in [0.2, 0.25) is 5.82 Å². The number of halogens is 1. The Labute approximate surface area is 124 Å². The van der Waals surface area contributed by atoms with Gasteiger partial charge in [0.25, 0.3) is 5.89 Å². The van der Waals surface area contributed by atoms with Crippen molar-refractivity contribution in [2.24, 2.45) is 0 Å². The molecular formula is C15H12BrN3O. The van der Waals surface area contributed by atoms with E-state index in [0.717, 1.165) is 21.2 Å². The maximum Gasteiger partial charge on any atom is 0.260 e. The number of anilines is 1. The molecule has 0 aliphatic carbocycles. The Morgan fingerprint density at radius 1 is 1.10 bits per heavy atom. The zero-order valence-corrected chi connectivity index (χ0v) is 12.4. The number of nitrogen functional groups attached to an aromatic ring is 1. The molecule has 3 aromatic rings. The fraction of sp³-hybridized carbons (Fsp3) is 0.0667. The lowest BCUT2D eigenvalue weighted by molar-refractivity contribution is 0.432. The zero-order valence-electron chi connectivity index (χ0n) is 10.8. The fourth-order valence-corrected chi connectivity index (χ4v) is 2.29. The predicted octanol–water partition coefficient (Wildman–Crippen LogP) is 4.06. The largest absolute Gasteiger partial charge is 0.398 e. The first kappa shape index (κ1) is 12.9. The lowest BCUT2D eigenvalue weighted by atomic mass is 10.1. The van der Waals surface area contributed by atoms with E-state index in [9.17, 15) is 0 Å². The topological polar surface area (TPSA) is 64.9 Å². The monoisotopic (exact) mass is 329 g/mol. The molecule has 1 heterocycles. The van der Waals surface area contributed by atoms with Crippen LogP contribution in [-0.2, 0) is 0 Å². The lowest BCUT2D eigenvalue weighted by Crippen LogP contribution is -1.92. The summed E-state index contributed by atoms with van der Waals surface area (Å²) in [6.07, 6.45) is 0. The van der Waals surface area contributed by atoms with E-state index < -0.39 is 0 Å². The Bertz CT molecular complexity index is 730. The Morgan fingerprint density at radius 3 is 2.55 bits per heavy atom. The molecule has 0 aliphatic heterocycles. The van der Waals surface area contributed by atoms with Crippen molar-refractivity contribution in [3.8, 4) is 22.8 Å². The maximum absolute atomic E-state index is 5.99. The van der Waals surface area contributed by atoms with Gasteiger partial charge >= 0.3 is 0 Å². The summed E-state index contributed by atoms with van der Waals surface area (Å²) in [5.41, 5.74) is 9.33. The minimum atomic E-state index is 0.443. The SMILES string of the molecule is Cc1cccc(N)c1-c1nc(-c2ccc(Br)cc2)no1. The van der Waals surface area contributed by atoms with Crippen molar-refractivity contribution in [3.63, 3.8) is 0 Å². The van der Waals surface area contributed by atoms with E-state index in [4.69, 9.17) is 10.3 Å². The number of hydrogen-bond acceptors (Lipinski definition) is 4. The highest BCUT2D eigenvalue weighted by molar-refractivity contribution is 9.10. The number of nitrogens with two attached hydrogens (primary N) is 1. The molecule has 2 aromatic carbocycles. The molecule has 0 saturated carbocycles. The van der Waals surface area contributed by atoms with Crippen LogP contribution in [0, 0.1) is 6.92 Å². The molecule has 0 fully saturated rings. The van der Waals surface area contributed by atoms with Crippen molar-refractivity contribution in [2.45, 2.75) is 6.92 Å². The van der Waals surface area contributed by atoms with Gasteiger partial charge in [0.05, 0.1) is 5.56 Å². The van der Waals surface area contributed by atoms with Gasteiger partial charge in [0, 0.05) is 15.7 Å². The summed E-state index contributed by atoms with van der Waals surface area (Å²) in [6.45, 7) is 1.97. The average Bonchev–Trinajstić information content (AvgIpc) is 2.89. The van der Waals surface area contributed by atoms with Crippen molar-refractivity contribution >= 4 is 21.6 Å². The van der Waals surface area contributed by atoms with Crippen molar-refractivity contribution < 1.29 is 4.52 Å². The molecule has 0 saturated heterocycles.